The standard InChI is InChI=1S/C13H18O3S/c1-9-8-12(10(2)7-11(9)16-3)17-6-4-5-13(14)15/h7-8H,4-6H2,1-3H3,(H,14,15). The third-order valence-corrected chi connectivity index (χ3v) is 3.73. The molecular weight excluding hydrogens is 236 g/mol. The number of ether oxygens (including phenoxy) is 1. The highest BCUT2D eigenvalue weighted by Crippen LogP contribution is 2.29. The summed E-state index contributed by atoms with van der Waals surface area (Å²) in [5.41, 5.74) is 2.28. The Hall–Kier alpha value is -1.16. The van der Waals surface area contributed by atoms with Crippen molar-refractivity contribution in [1.29, 1.82) is 0 Å². The highest BCUT2D eigenvalue weighted by molar-refractivity contribution is 7.99. The van der Waals surface area contributed by atoms with Gasteiger partial charge in [-0.3, -0.25) is 4.79 Å². The average molecular weight is 254 g/mol. The van der Waals surface area contributed by atoms with Crippen molar-refractivity contribution in [3.8, 4) is 5.75 Å². The summed E-state index contributed by atoms with van der Waals surface area (Å²) < 4.78 is 5.25. The molecule has 1 N–H and O–H groups in total. The number of methoxy groups -OCH3 is 1. The van der Waals surface area contributed by atoms with E-state index in [9.17, 15) is 4.79 Å². The number of carboxylic acids is 1. The van der Waals surface area contributed by atoms with Crippen LogP contribution in [0.25, 0.3) is 0 Å². The predicted molar refractivity (Wildman–Crippen MR) is 70.1 cm³/mol. The first-order chi connectivity index (χ1) is 8.04. The van der Waals surface area contributed by atoms with Gasteiger partial charge in [0.05, 0.1) is 7.11 Å². The van der Waals surface area contributed by atoms with E-state index in [0.29, 0.717) is 6.42 Å². The molecule has 0 saturated carbocycles. The first-order valence-corrected chi connectivity index (χ1v) is 6.53. The van der Waals surface area contributed by atoms with Gasteiger partial charge in [0.25, 0.3) is 0 Å². The monoisotopic (exact) mass is 254 g/mol. The Labute approximate surface area is 106 Å². The lowest BCUT2D eigenvalue weighted by molar-refractivity contribution is -0.137. The smallest absolute Gasteiger partial charge is 0.303 e. The van der Waals surface area contributed by atoms with Crippen molar-refractivity contribution in [2.45, 2.75) is 31.6 Å². The van der Waals surface area contributed by atoms with E-state index in [0.717, 1.165) is 17.1 Å². The maximum atomic E-state index is 10.4. The molecular formula is C13H18O3S. The van der Waals surface area contributed by atoms with E-state index in [4.69, 9.17) is 9.84 Å². The SMILES string of the molecule is COc1cc(C)c(SCCCC(=O)O)cc1C. The normalized spacial score (nSPS) is 10.3. The van der Waals surface area contributed by atoms with Crippen LogP contribution in [0, 0.1) is 13.8 Å². The molecule has 0 aromatic heterocycles. The molecule has 0 heterocycles. The Morgan fingerprint density at radius 2 is 2.06 bits per heavy atom. The lowest BCUT2D eigenvalue weighted by Gasteiger charge is -2.10. The van der Waals surface area contributed by atoms with E-state index in [1.54, 1.807) is 18.9 Å². The zero-order chi connectivity index (χ0) is 12.8. The fourth-order valence-corrected chi connectivity index (χ4v) is 2.60. The van der Waals surface area contributed by atoms with Crippen molar-refractivity contribution in [1.82, 2.24) is 0 Å². The highest BCUT2D eigenvalue weighted by atomic mass is 32.2. The zero-order valence-corrected chi connectivity index (χ0v) is 11.3. The van der Waals surface area contributed by atoms with Gasteiger partial charge in [-0.1, -0.05) is 0 Å². The molecule has 0 aliphatic carbocycles. The molecule has 0 aliphatic heterocycles. The van der Waals surface area contributed by atoms with Crippen molar-refractivity contribution in [3.05, 3.63) is 23.3 Å². The molecule has 0 bridgehead atoms. The lowest BCUT2D eigenvalue weighted by Crippen LogP contribution is -1.95. The van der Waals surface area contributed by atoms with Gasteiger partial charge in [0.1, 0.15) is 5.75 Å². The molecule has 0 radical (unpaired) electrons. The molecule has 1 aromatic carbocycles. The van der Waals surface area contributed by atoms with Crippen LogP contribution in [0.2, 0.25) is 0 Å². The van der Waals surface area contributed by atoms with Crippen molar-refractivity contribution in [2.75, 3.05) is 12.9 Å². The van der Waals surface area contributed by atoms with Crippen LogP contribution in [0.15, 0.2) is 17.0 Å². The Morgan fingerprint density at radius 3 is 2.65 bits per heavy atom. The summed E-state index contributed by atoms with van der Waals surface area (Å²) in [7, 11) is 1.67. The topological polar surface area (TPSA) is 46.5 Å². The second-order valence-electron chi connectivity index (χ2n) is 3.93. The summed E-state index contributed by atoms with van der Waals surface area (Å²) >= 11 is 1.70. The molecule has 0 atom stereocenters. The molecule has 0 spiro atoms. The number of carboxylic acid groups (broad SMARTS) is 1. The summed E-state index contributed by atoms with van der Waals surface area (Å²) in [6.07, 6.45) is 0.936. The van der Waals surface area contributed by atoms with Gasteiger partial charge in [-0.05, 0) is 49.3 Å². The summed E-state index contributed by atoms with van der Waals surface area (Å²) in [6.45, 7) is 4.06. The zero-order valence-electron chi connectivity index (χ0n) is 10.4. The van der Waals surface area contributed by atoms with Crippen molar-refractivity contribution in [2.24, 2.45) is 0 Å². The molecule has 1 aromatic rings. The van der Waals surface area contributed by atoms with Crippen LogP contribution in [0.1, 0.15) is 24.0 Å². The average Bonchev–Trinajstić information content (AvgIpc) is 2.28. The number of hydrogen-bond donors (Lipinski definition) is 1. The quantitative estimate of drug-likeness (QED) is 0.625. The second-order valence-corrected chi connectivity index (χ2v) is 5.07. The number of aliphatic carboxylic acids is 1. The molecule has 17 heavy (non-hydrogen) atoms. The summed E-state index contributed by atoms with van der Waals surface area (Å²) in [6, 6.07) is 4.12. The Balaban J connectivity index is 2.59. The van der Waals surface area contributed by atoms with Gasteiger partial charge in [0, 0.05) is 11.3 Å². The molecule has 0 amide bonds. The van der Waals surface area contributed by atoms with E-state index in [-0.39, 0.29) is 6.42 Å². The van der Waals surface area contributed by atoms with Gasteiger partial charge in [-0.2, -0.15) is 0 Å². The van der Waals surface area contributed by atoms with Crippen LogP contribution < -0.4 is 4.74 Å². The molecule has 0 unspecified atom stereocenters. The minimum Gasteiger partial charge on any atom is -0.496 e. The van der Waals surface area contributed by atoms with Gasteiger partial charge >= 0.3 is 5.97 Å². The van der Waals surface area contributed by atoms with Crippen molar-refractivity contribution in [3.63, 3.8) is 0 Å². The van der Waals surface area contributed by atoms with Gasteiger partial charge < -0.3 is 9.84 Å². The first-order valence-electron chi connectivity index (χ1n) is 5.54. The fourth-order valence-electron chi connectivity index (χ4n) is 1.54. The second kappa shape index (κ2) is 6.55. The van der Waals surface area contributed by atoms with E-state index in [2.05, 4.69) is 6.07 Å². The van der Waals surface area contributed by atoms with E-state index in [1.165, 1.54) is 10.5 Å². The molecule has 1 rings (SSSR count). The lowest BCUT2D eigenvalue weighted by atomic mass is 10.1. The largest absolute Gasteiger partial charge is 0.496 e. The first kappa shape index (κ1) is 13.9. The van der Waals surface area contributed by atoms with E-state index < -0.39 is 5.97 Å². The van der Waals surface area contributed by atoms with Crippen molar-refractivity contribution < 1.29 is 14.6 Å². The van der Waals surface area contributed by atoms with Crippen LogP contribution >= 0.6 is 11.8 Å². The van der Waals surface area contributed by atoms with Crippen LogP contribution in [0.4, 0.5) is 0 Å². The Kier molecular flexibility index (Phi) is 5.35. The number of aryl methyl sites for hydroxylation is 2. The maximum Gasteiger partial charge on any atom is 0.303 e. The third-order valence-electron chi connectivity index (χ3n) is 2.48. The van der Waals surface area contributed by atoms with Gasteiger partial charge in [-0.15, -0.1) is 11.8 Å². The van der Waals surface area contributed by atoms with Gasteiger partial charge in [0.15, 0.2) is 0 Å². The number of hydrogen-bond acceptors (Lipinski definition) is 3. The van der Waals surface area contributed by atoms with Gasteiger partial charge in [-0.25, -0.2) is 0 Å². The molecule has 94 valence electrons. The van der Waals surface area contributed by atoms with E-state index >= 15 is 0 Å². The molecule has 0 fully saturated rings. The minimum absolute atomic E-state index is 0.237. The molecule has 4 heteroatoms. The number of thioether (sulfide) groups is 1. The van der Waals surface area contributed by atoms with Crippen LogP contribution in [0.5, 0.6) is 5.75 Å². The van der Waals surface area contributed by atoms with Crippen LogP contribution in [-0.2, 0) is 4.79 Å². The highest BCUT2D eigenvalue weighted by Gasteiger charge is 2.05. The van der Waals surface area contributed by atoms with Crippen LogP contribution in [-0.4, -0.2) is 23.9 Å². The number of rotatable bonds is 6. The fraction of sp³-hybridized carbons (Fsp3) is 0.462. The molecule has 0 aliphatic rings. The molecule has 3 nitrogen and oxygen atoms in total. The van der Waals surface area contributed by atoms with E-state index in [1.807, 2.05) is 19.9 Å². The minimum atomic E-state index is -0.728. The maximum absolute atomic E-state index is 10.4. The summed E-state index contributed by atoms with van der Waals surface area (Å²) in [5, 5.41) is 8.55. The summed E-state index contributed by atoms with van der Waals surface area (Å²) in [5.74, 6) is 1.00. The van der Waals surface area contributed by atoms with Crippen LogP contribution in [0.3, 0.4) is 0 Å². The predicted octanol–water partition coefficient (Wildman–Crippen LogP) is 3.27. The number of carbonyl (C=O) groups is 1. The Morgan fingerprint density at radius 1 is 1.35 bits per heavy atom. The summed E-state index contributed by atoms with van der Waals surface area (Å²) in [4.78, 5) is 11.6. The Bertz CT molecular complexity index is 402. The van der Waals surface area contributed by atoms with Crippen molar-refractivity contribution >= 4 is 17.7 Å². The van der Waals surface area contributed by atoms with Gasteiger partial charge in [0.2, 0.25) is 0 Å². The number of benzene rings is 1. The molecule has 0 saturated heterocycles. The third kappa shape index (κ3) is 4.30.